The molecular formula is C18H14F4N4O2. The normalized spacial score (nSPS) is 12.0. The second-order valence-electron chi connectivity index (χ2n) is 5.82. The molecule has 3 aromatic rings. The van der Waals surface area contributed by atoms with E-state index in [-0.39, 0.29) is 0 Å². The van der Waals surface area contributed by atoms with Gasteiger partial charge in [0.1, 0.15) is 5.65 Å². The summed E-state index contributed by atoms with van der Waals surface area (Å²) in [5, 5.41) is 0.668. The van der Waals surface area contributed by atoms with Crippen LogP contribution in [-0.4, -0.2) is 33.6 Å². The molecule has 0 unspecified atom stereocenters. The number of pyridine rings is 2. The highest BCUT2D eigenvalue weighted by molar-refractivity contribution is 5.95. The van der Waals surface area contributed by atoms with E-state index in [1.54, 1.807) is 12.3 Å². The monoisotopic (exact) mass is 394 g/mol. The first-order chi connectivity index (χ1) is 13.2. The summed E-state index contributed by atoms with van der Waals surface area (Å²) in [5.74, 6) is -2.00. The van der Waals surface area contributed by atoms with Gasteiger partial charge >= 0.3 is 6.18 Å². The summed E-state index contributed by atoms with van der Waals surface area (Å²) in [5.41, 5.74) is 7.18. The lowest BCUT2D eigenvalue weighted by molar-refractivity contribution is -0.139. The van der Waals surface area contributed by atoms with Gasteiger partial charge in [0.05, 0.1) is 13.0 Å². The van der Waals surface area contributed by atoms with E-state index in [9.17, 15) is 22.4 Å². The molecule has 0 fully saturated rings. The molecule has 0 atom stereocenters. The molecule has 3 aromatic heterocycles. The maximum Gasteiger partial charge on any atom is 0.392 e. The number of aromatic nitrogens is 3. The number of hydrogen-bond acceptors (Lipinski definition) is 4. The molecule has 0 aromatic carbocycles. The molecule has 0 bridgehead atoms. The van der Waals surface area contributed by atoms with Gasteiger partial charge in [-0.15, -0.1) is 0 Å². The molecule has 0 radical (unpaired) electrons. The number of H-pyrrole nitrogens is 1. The summed E-state index contributed by atoms with van der Waals surface area (Å²) in [7, 11) is 0. The van der Waals surface area contributed by atoms with Gasteiger partial charge in [-0.1, -0.05) is 0 Å². The maximum atomic E-state index is 14.1. The number of nitrogens with one attached hydrogen (secondary N) is 1. The Hall–Kier alpha value is -3.43. The van der Waals surface area contributed by atoms with Gasteiger partial charge in [-0.3, -0.25) is 4.79 Å². The van der Waals surface area contributed by atoms with E-state index in [2.05, 4.69) is 15.0 Å². The third-order valence-corrected chi connectivity index (χ3v) is 3.76. The smallest absolute Gasteiger partial charge is 0.392 e. The quantitative estimate of drug-likeness (QED) is 0.494. The van der Waals surface area contributed by atoms with Crippen molar-refractivity contribution in [1.29, 1.82) is 0 Å². The average molecular weight is 394 g/mol. The van der Waals surface area contributed by atoms with Gasteiger partial charge in [-0.2, -0.15) is 13.2 Å². The fraction of sp³-hybridized carbons (Fsp3) is 0.167. The second kappa shape index (κ2) is 7.67. The van der Waals surface area contributed by atoms with E-state index in [0.29, 0.717) is 27.7 Å². The molecule has 0 aliphatic heterocycles. The van der Waals surface area contributed by atoms with Crippen molar-refractivity contribution in [2.75, 3.05) is 6.61 Å². The Bertz CT molecular complexity index is 1040. The molecule has 3 heterocycles. The molecule has 10 heteroatoms. The van der Waals surface area contributed by atoms with Crippen molar-refractivity contribution in [3.8, 4) is 17.0 Å². The Labute approximate surface area is 156 Å². The number of ether oxygens (including phenoxy) is 1. The van der Waals surface area contributed by atoms with Gasteiger partial charge in [0, 0.05) is 46.7 Å². The van der Waals surface area contributed by atoms with Crippen LogP contribution in [0.25, 0.3) is 28.2 Å². The molecule has 0 spiro atoms. The molecule has 6 nitrogen and oxygen atoms in total. The van der Waals surface area contributed by atoms with Crippen molar-refractivity contribution in [2.24, 2.45) is 5.73 Å². The number of alkyl halides is 3. The minimum Gasteiger partial charge on any atom is -0.475 e. The topological polar surface area (TPSA) is 93.9 Å². The highest BCUT2D eigenvalue weighted by atomic mass is 19.4. The Morgan fingerprint density at radius 1 is 1.21 bits per heavy atom. The van der Waals surface area contributed by atoms with Crippen LogP contribution in [0.3, 0.4) is 0 Å². The fourth-order valence-corrected chi connectivity index (χ4v) is 2.44. The van der Waals surface area contributed by atoms with E-state index >= 15 is 0 Å². The van der Waals surface area contributed by atoms with Crippen LogP contribution in [0.1, 0.15) is 12.0 Å². The predicted molar refractivity (Wildman–Crippen MR) is 93.7 cm³/mol. The van der Waals surface area contributed by atoms with Crippen LogP contribution in [0.5, 0.6) is 5.88 Å². The molecular weight excluding hydrogens is 380 g/mol. The number of carbonyl (C=O) groups excluding carboxylic acids is 1. The van der Waals surface area contributed by atoms with Gasteiger partial charge in [0.15, 0.2) is 5.82 Å². The minimum absolute atomic E-state index is 0.362. The number of aromatic amines is 1. The lowest BCUT2D eigenvalue weighted by Crippen LogP contribution is -2.13. The summed E-state index contributed by atoms with van der Waals surface area (Å²) in [6.07, 6.45) is 1.52. The van der Waals surface area contributed by atoms with Crippen molar-refractivity contribution in [3.63, 3.8) is 0 Å². The van der Waals surface area contributed by atoms with Gasteiger partial charge in [-0.05, 0) is 18.2 Å². The molecule has 1 amide bonds. The minimum atomic E-state index is -4.39. The highest BCUT2D eigenvalue weighted by Crippen LogP contribution is 2.28. The Kier molecular flexibility index (Phi) is 5.30. The van der Waals surface area contributed by atoms with Crippen LogP contribution in [0, 0.1) is 5.82 Å². The molecule has 0 saturated carbocycles. The maximum absolute atomic E-state index is 14.1. The van der Waals surface area contributed by atoms with Crippen molar-refractivity contribution < 1.29 is 27.1 Å². The second-order valence-corrected chi connectivity index (χ2v) is 5.82. The third kappa shape index (κ3) is 4.64. The van der Waals surface area contributed by atoms with Crippen LogP contribution in [0.4, 0.5) is 17.6 Å². The van der Waals surface area contributed by atoms with Gasteiger partial charge in [-0.25, -0.2) is 14.4 Å². The first-order valence-corrected chi connectivity index (χ1v) is 8.03. The van der Waals surface area contributed by atoms with Crippen LogP contribution in [0.2, 0.25) is 0 Å². The molecule has 3 rings (SSSR count). The lowest BCUT2D eigenvalue weighted by Gasteiger charge is -2.09. The summed E-state index contributed by atoms with van der Waals surface area (Å²) in [4.78, 5) is 21.8. The number of halogens is 4. The molecule has 28 heavy (non-hydrogen) atoms. The number of nitrogens with two attached hydrogens (primary N) is 1. The van der Waals surface area contributed by atoms with Crippen LogP contribution in [-0.2, 0) is 4.79 Å². The molecule has 0 aliphatic carbocycles. The average Bonchev–Trinajstić information content (AvgIpc) is 3.02. The van der Waals surface area contributed by atoms with E-state index < -0.39 is 36.8 Å². The fourth-order valence-electron chi connectivity index (χ4n) is 2.44. The summed E-state index contributed by atoms with van der Waals surface area (Å²) in [6.45, 7) is -0.723. The first-order valence-electron chi connectivity index (χ1n) is 8.03. The van der Waals surface area contributed by atoms with E-state index in [0.717, 1.165) is 6.07 Å². The molecule has 0 saturated heterocycles. The van der Waals surface area contributed by atoms with Crippen molar-refractivity contribution >= 4 is 23.0 Å². The predicted octanol–water partition coefficient (Wildman–Crippen LogP) is 3.59. The number of primary amides is 1. The molecule has 0 aliphatic rings. The van der Waals surface area contributed by atoms with E-state index in [1.165, 1.54) is 24.5 Å². The number of nitrogens with zero attached hydrogens (tertiary/aromatic N) is 2. The number of fused-ring (bicyclic) bond motifs is 1. The van der Waals surface area contributed by atoms with Gasteiger partial charge in [0.25, 0.3) is 0 Å². The molecule has 3 N–H and O–H groups in total. The van der Waals surface area contributed by atoms with Crippen LogP contribution >= 0.6 is 0 Å². The van der Waals surface area contributed by atoms with Gasteiger partial charge in [0.2, 0.25) is 11.8 Å². The number of rotatable bonds is 6. The highest BCUT2D eigenvalue weighted by Gasteiger charge is 2.27. The van der Waals surface area contributed by atoms with Gasteiger partial charge < -0.3 is 15.5 Å². The summed E-state index contributed by atoms with van der Waals surface area (Å²) in [6, 6.07) is 2.81. The Morgan fingerprint density at radius 2 is 1.93 bits per heavy atom. The number of amides is 1. The van der Waals surface area contributed by atoms with Crippen molar-refractivity contribution in [3.05, 3.63) is 48.2 Å². The van der Waals surface area contributed by atoms with Crippen molar-refractivity contribution in [1.82, 2.24) is 15.0 Å². The zero-order valence-electron chi connectivity index (χ0n) is 14.3. The summed E-state index contributed by atoms with van der Waals surface area (Å²) >= 11 is 0. The first kappa shape index (κ1) is 19.3. The molecule has 146 valence electrons. The zero-order valence-corrected chi connectivity index (χ0v) is 14.3. The third-order valence-electron chi connectivity index (χ3n) is 3.76. The largest absolute Gasteiger partial charge is 0.475 e. The Morgan fingerprint density at radius 3 is 2.61 bits per heavy atom. The number of hydrogen-bond donors (Lipinski definition) is 2. The number of carbonyl (C=O) groups is 1. The van der Waals surface area contributed by atoms with E-state index in [4.69, 9.17) is 10.5 Å². The Balaban J connectivity index is 1.85. The standard InChI is InChI=1S/C18H14F4N4O2/c19-14-6-12(9-26-17(14)28-4-3-18(20,21)22)11-5-13-10(1-2-15(23)27)7-24-16(13)25-8-11/h1-2,5-9H,3-4H2,(H2,23,27)(H,24,25)/b2-1+. The van der Waals surface area contributed by atoms with Crippen LogP contribution in [0.15, 0.2) is 36.8 Å². The SMILES string of the molecule is NC(=O)/C=C/c1c[nH]c2ncc(-c3cnc(OCCC(F)(F)F)c(F)c3)cc12. The summed E-state index contributed by atoms with van der Waals surface area (Å²) < 4.78 is 55.3. The van der Waals surface area contributed by atoms with Crippen molar-refractivity contribution in [2.45, 2.75) is 12.6 Å². The zero-order chi connectivity index (χ0) is 20.3. The lowest BCUT2D eigenvalue weighted by atomic mass is 10.1. The van der Waals surface area contributed by atoms with Crippen LogP contribution < -0.4 is 10.5 Å². The van der Waals surface area contributed by atoms with E-state index in [1.807, 2.05) is 0 Å².